The minimum absolute atomic E-state index is 0.0235. The van der Waals surface area contributed by atoms with Gasteiger partial charge in [0.2, 0.25) is 0 Å². The smallest absolute Gasteiger partial charge is 0.306 e. The number of carbonyl (C=O) groups is 2. The number of aryl methyl sites for hydroxylation is 1. The number of carboxylic acid groups (broad SMARTS) is 1. The summed E-state index contributed by atoms with van der Waals surface area (Å²) in [5.74, 6) is -2.35. The van der Waals surface area contributed by atoms with E-state index in [1.165, 1.54) is 12.1 Å². The van der Waals surface area contributed by atoms with E-state index in [-0.39, 0.29) is 11.6 Å². The van der Waals surface area contributed by atoms with Crippen molar-refractivity contribution in [3.8, 4) is 11.1 Å². The third kappa shape index (κ3) is 3.30. The molecule has 1 aliphatic carbocycles. The minimum Gasteiger partial charge on any atom is -0.481 e. The third-order valence-corrected chi connectivity index (χ3v) is 4.42. The Morgan fingerprint density at radius 1 is 1.08 bits per heavy atom. The van der Waals surface area contributed by atoms with Gasteiger partial charge in [-0.3, -0.25) is 9.59 Å². The van der Waals surface area contributed by atoms with Crippen LogP contribution in [0.25, 0.3) is 11.1 Å². The van der Waals surface area contributed by atoms with Gasteiger partial charge in [0.15, 0.2) is 0 Å². The van der Waals surface area contributed by atoms with Crippen molar-refractivity contribution < 1.29 is 19.1 Å². The van der Waals surface area contributed by atoms with Gasteiger partial charge in [0, 0.05) is 6.04 Å². The van der Waals surface area contributed by atoms with Gasteiger partial charge in [0.05, 0.1) is 11.5 Å². The molecule has 2 N–H and O–H groups in total. The molecule has 24 heavy (non-hydrogen) atoms. The highest BCUT2D eigenvalue weighted by molar-refractivity contribution is 5.95. The molecule has 0 bridgehead atoms. The lowest BCUT2D eigenvalue weighted by Gasteiger charge is -2.32. The van der Waals surface area contributed by atoms with E-state index in [9.17, 15) is 14.0 Å². The predicted molar refractivity (Wildman–Crippen MR) is 88.2 cm³/mol. The zero-order valence-electron chi connectivity index (χ0n) is 13.3. The first kappa shape index (κ1) is 16.2. The van der Waals surface area contributed by atoms with Crippen LogP contribution >= 0.6 is 0 Å². The summed E-state index contributed by atoms with van der Waals surface area (Å²) in [6.45, 7) is 1.98. The number of carboxylic acids is 1. The second kappa shape index (κ2) is 6.43. The Kier molecular flexibility index (Phi) is 4.34. The van der Waals surface area contributed by atoms with Gasteiger partial charge >= 0.3 is 5.97 Å². The van der Waals surface area contributed by atoms with Crippen molar-refractivity contribution in [3.63, 3.8) is 0 Å². The average molecular weight is 327 g/mol. The maximum absolute atomic E-state index is 14.3. The van der Waals surface area contributed by atoms with Crippen molar-refractivity contribution in [2.24, 2.45) is 5.92 Å². The summed E-state index contributed by atoms with van der Waals surface area (Å²) in [5.41, 5.74) is 2.69. The molecule has 4 nitrogen and oxygen atoms in total. The van der Waals surface area contributed by atoms with E-state index in [1.807, 2.05) is 31.2 Å². The zero-order valence-corrected chi connectivity index (χ0v) is 13.3. The standard InChI is InChI=1S/C19H18FNO3/c1-11-2-4-12(5-3-11)13-6-7-16(17(20)10-13)18(22)21-15-8-14(9-15)19(23)24/h2-7,10,14-15H,8-9H2,1H3,(H,21,22)(H,23,24). The van der Waals surface area contributed by atoms with Gasteiger partial charge in [-0.2, -0.15) is 0 Å². The number of nitrogens with one attached hydrogen (secondary N) is 1. The van der Waals surface area contributed by atoms with E-state index in [4.69, 9.17) is 5.11 Å². The molecular formula is C19H18FNO3. The van der Waals surface area contributed by atoms with Crippen molar-refractivity contribution in [2.45, 2.75) is 25.8 Å². The molecule has 0 heterocycles. The lowest BCUT2D eigenvalue weighted by Crippen LogP contribution is -2.46. The lowest BCUT2D eigenvalue weighted by atomic mass is 9.80. The molecular weight excluding hydrogens is 309 g/mol. The van der Waals surface area contributed by atoms with Crippen molar-refractivity contribution >= 4 is 11.9 Å². The molecule has 1 amide bonds. The number of halogens is 1. The highest BCUT2D eigenvalue weighted by atomic mass is 19.1. The number of amides is 1. The molecule has 0 radical (unpaired) electrons. The number of rotatable bonds is 4. The second-order valence-electron chi connectivity index (χ2n) is 6.24. The highest BCUT2D eigenvalue weighted by Gasteiger charge is 2.35. The fourth-order valence-electron chi connectivity index (χ4n) is 2.83. The van der Waals surface area contributed by atoms with Gasteiger partial charge in [-0.1, -0.05) is 35.9 Å². The average Bonchev–Trinajstić information content (AvgIpc) is 2.50. The summed E-state index contributed by atoms with van der Waals surface area (Å²) in [4.78, 5) is 22.9. The van der Waals surface area contributed by atoms with Crippen LogP contribution in [0.1, 0.15) is 28.8 Å². The fraction of sp³-hybridized carbons (Fsp3) is 0.263. The molecule has 2 aromatic rings. The number of carbonyl (C=O) groups excluding carboxylic acids is 1. The van der Waals surface area contributed by atoms with Crippen LogP contribution in [0.4, 0.5) is 4.39 Å². The van der Waals surface area contributed by atoms with Crippen molar-refractivity contribution in [1.82, 2.24) is 5.32 Å². The van der Waals surface area contributed by atoms with Crippen molar-refractivity contribution in [3.05, 3.63) is 59.4 Å². The normalized spacial score (nSPS) is 19.4. The summed E-state index contributed by atoms with van der Waals surface area (Å²) in [5, 5.41) is 11.5. The topological polar surface area (TPSA) is 66.4 Å². The van der Waals surface area contributed by atoms with E-state index in [1.54, 1.807) is 6.07 Å². The number of benzene rings is 2. The predicted octanol–water partition coefficient (Wildman–Crippen LogP) is 3.39. The van der Waals surface area contributed by atoms with Crippen molar-refractivity contribution in [1.29, 1.82) is 0 Å². The largest absolute Gasteiger partial charge is 0.481 e. The van der Waals surface area contributed by atoms with Crippen LogP contribution in [0.2, 0.25) is 0 Å². The molecule has 0 spiro atoms. The Morgan fingerprint density at radius 2 is 1.71 bits per heavy atom. The Bertz CT molecular complexity index is 780. The lowest BCUT2D eigenvalue weighted by molar-refractivity contribution is -0.145. The number of hydrogen-bond acceptors (Lipinski definition) is 2. The first-order chi connectivity index (χ1) is 11.4. The first-order valence-electron chi connectivity index (χ1n) is 7.84. The molecule has 1 fully saturated rings. The van der Waals surface area contributed by atoms with Crippen molar-refractivity contribution in [2.75, 3.05) is 0 Å². The van der Waals surface area contributed by atoms with Crippen LogP contribution in [0.5, 0.6) is 0 Å². The monoisotopic (exact) mass is 327 g/mol. The maximum Gasteiger partial charge on any atom is 0.306 e. The van der Waals surface area contributed by atoms with E-state index < -0.39 is 23.6 Å². The zero-order chi connectivity index (χ0) is 17.3. The van der Waals surface area contributed by atoms with Crippen LogP contribution in [-0.2, 0) is 4.79 Å². The van der Waals surface area contributed by atoms with Crippen LogP contribution in [0, 0.1) is 18.7 Å². The first-order valence-corrected chi connectivity index (χ1v) is 7.84. The summed E-state index contributed by atoms with van der Waals surface area (Å²) >= 11 is 0. The Morgan fingerprint density at radius 3 is 2.29 bits per heavy atom. The van der Waals surface area contributed by atoms with Gasteiger partial charge in [0.25, 0.3) is 5.91 Å². The minimum atomic E-state index is -0.853. The Hall–Kier alpha value is -2.69. The molecule has 0 aromatic heterocycles. The summed E-state index contributed by atoms with van der Waals surface area (Å²) < 4.78 is 14.3. The van der Waals surface area contributed by atoms with Crippen LogP contribution in [0.3, 0.4) is 0 Å². The summed E-state index contributed by atoms with van der Waals surface area (Å²) in [6.07, 6.45) is 0.786. The van der Waals surface area contributed by atoms with E-state index >= 15 is 0 Å². The van der Waals surface area contributed by atoms with Gasteiger partial charge in [0.1, 0.15) is 5.82 Å². The van der Waals surface area contributed by atoms with E-state index in [0.29, 0.717) is 18.4 Å². The molecule has 3 rings (SSSR count). The van der Waals surface area contributed by atoms with E-state index in [2.05, 4.69) is 5.32 Å². The summed E-state index contributed by atoms with van der Waals surface area (Å²) in [6, 6.07) is 12.0. The van der Waals surface area contributed by atoms with Crippen LogP contribution in [0.15, 0.2) is 42.5 Å². The molecule has 0 atom stereocenters. The highest BCUT2D eigenvalue weighted by Crippen LogP contribution is 2.28. The molecule has 0 unspecified atom stereocenters. The van der Waals surface area contributed by atoms with Crippen LogP contribution in [-0.4, -0.2) is 23.0 Å². The van der Waals surface area contributed by atoms with Gasteiger partial charge < -0.3 is 10.4 Å². The maximum atomic E-state index is 14.3. The molecule has 5 heteroatoms. The Labute approximate surface area is 139 Å². The molecule has 0 saturated heterocycles. The van der Waals surface area contributed by atoms with Gasteiger partial charge in [-0.25, -0.2) is 4.39 Å². The summed E-state index contributed by atoms with van der Waals surface area (Å²) in [7, 11) is 0. The molecule has 0 aliphatic heterocycles. The molecule has 1 saturated carbocycles. The quantitative estimate of drug-likeness (QED) is 0.904. The van der Waals surface area contributed by atoms with E-state index in [0.717, 1.165) is 11.1 Å². The fourth-order valence-corrected chi connectivity index (χ4v) is 2.83. The SMILES string of the molecule is Cc1ccc(-c2ccc(C(=O)NC3CC(C(=O)O)C3)c(F)c2)cc1. The van der Waals surface area contributed by atoms with Gasteiger partial charge in [-0.05, 0) is 43.0 Å². The number of aliphatic carboxylic acids is 1. The number of hydrogen-bond donors (Lipinski definition) is 2. The van der Waals surface area contributed by atoms with Gasteiger partial charge in [-0.15, -0.1) is 0 Å². The molecule has 2 aromatic carbocycles. The third-order valence-electron chi connectivity index (χ3n) is 4.42. The molecule has 124 valence electrons. The Balaban J connectivity index is 1.69. The second-order valence-corrected chi connectivity index (χ2v) is 6.24. The molecule has 1 aliphatic rings. The van der Waals surface area contributed by atoms with Crippen LogP contribution < -0.4 is 5.32 Å².